The lowest BCUT2D eigenvalue weighted by Gasteiger charge is -2.13. The summed E-state index contributed by atoms with van der Waals surface area (Å²) in [5, 5.41) is 0. The third-order valence-corrected chi connectivity index (χ3v) is 4.37. The highest BCUT2D eigenvalue weighted by molar-refractivity contribution is 7.88. The molecule has 108 valence electrons. The van der Waals surface area contributed by atoms with Crippen LogP contribution in [0, 0.1) is 0 Å². The van der Waals surface area contributed by atoms with Gasteiger partial charge in [0.05, 0.1) is 11.8 Å². The summed E-state index contributed by atoms with van der Waals surface area (Å²) >= 11 is 0. The summed E-state index contributed by atoms with van der Waals surface area (Å²) < 4.78 is 27.0. The number of imidazole rings is 1. The molecule has 1 atom stereocenters. The third-order valence-electron chi connectivity index (χ3n) is 2.97. The van der Waals surface area contributed by atoms with Crippen LogP contribution in [0.1, 0.15) is 29.9 Å². The van der Waals surface area contributed by atoms with Crippen LogP contribution in [0.5, 0.6) is 0 Å². The van der Waals surface area contributed by atoms with E-state index < -0.39 is 16.1 Å². The molecule has 0 spiro atoms. The van der Waals surface area contributed by atoms with Gasteiger partial charge in [-0.05, 0) is 18.1 Å². The number of nitrogens with zero attached hydrogens (tertiary/aromatic N) is 1. The van der Waals surface area contributed by atoms with Crippen LogP contribution in [-0.4, -0.2) is 18.4 Å². The number of hydrogen-bond acceptors (Lipinski definition) is 4. The van der Waals surface area contributed by atoms with Gasteiger partial charge in [0.2, 0.25) is 10.0 Å². The number of aromatic amines is 1. The van der Waals surface area contributed by atoms with E-state index in [1.54, 1.807) is 31.5 Å². The maximum Gasteiger partial charge on any atom is 0.216 e. The van der Waals surface area contributed by atoms with Crippen molar-refractivity contribution in [3.8, 4) is 0 Å². The maximum atomic E-state index is 12.2. The van der Waals surface area contributed by atoms with Crippen LogP contribution in [-0.2, 0) is 22.3 Å². The summed E-state index contributed by atoms with van der Waals surface area (Å²) in [5.41, 5.74) is 7.17. The molecule has 20 heavy (non-hydrogen) atoms. The lowest BCUT2D eigenvalue weighted by atomic mass is 10.1. The van der Waals surface area contributed by atoms with Crippen LogP contribution in [0.4, 0.5) is 0 Å². The Bertz CT molecular complexity index is 653. The van der Waals surface area contributed by atoms with Crippen molar-refractivity contribution in [1.29, 1.82) is 0 Å². The third kappa shape index (κ3) is 3.66. The molecule has 1 aromatic carbocycles. The second kappa shape index (κ2) is 6.17. The van der Waals surface area contributed by atoms with E-state index in [1.165, 1.54) is 0 Å². The maximum absolute atomic E-state index is 12.2. The van der Waals surface area contributed by atoms with E-state index in [9.17, 15) is 8.42 Å². The van der Waals surface area contributed by atoms with Gasteiger partial charge >= 0.3 is 0 Å². The zero-order valence-corrected chi connectivity index (χ0v) is 12.0. The Kier molecular flexibility index (Phi) is 4.53. The van der Waals surface area contributed by atoms with Gasteiger partial charge in [0.1, 0.15) is 5.82 Å². The number of hydrogen-bond donors (Lipinski definition) is 3. The standard InChI is InChI=1S/C13H18N4O2S/c1-10(13-15-6-7-16-13)17-20(18,19)9-12-5-3-2-4-11(12)8-14/h2-7,10,17H,8-9,14H2,1H3,(H,15,16). The zero-order valence-electron chi connectivity index (χ0n) is 11.2. The summed E-state index contributed by atoms with van der Waals surface area (Å²) in [6, 6.07) is 6.86. The van der Waals surface area contributed by atoms with E-state index in [-0.39, 0.29) is 5.75 Å². The van der Waals surface area contributed by atoms with Gasteiger partial charge in [-0.25, -0.2) is 18.1 Å². The van der Waals surface area contributed by atoms with Crippen molar-refractivity contribution in [3.63, 3.8) is 0 Å². The SMILES string of the molecule is CC(NS(=O)(=O)Cc1ccccc1CN)c1ncc[nH]1. The summed E-state index contributed by atoms with van der Waals surface area (Å²) in [7, 11) is -3.46. The smallest absolute Gasteiger partial charge is 0.216 e. The molecule has 6 nitrogen and oxygen atoms in total. The van der Waals surface area contributed by atoms with Crippen molar-refractivity contribution in [2.75, 3.05) is 0 Å². The first-order valence-electron chi connectivity index (χ1n) is 6.28. The highest BCUT2D eigenvalue weighted by Crippen LogP contribution is 2.14. The van der Waals surface area contributed by atoms with Crippen molar-refractivity contribution < 1.29 is 8.42 Å². The van der Waals surface area contributed by atoms with E-state index in [2.05, 4.69) is 14.7 Å². The van der Waals surface area contributed by atoms with Gasteiger partial charge in [0.25, 0.3) is 0 Å². The largest absolute Gasteiger partial charge is 0.347 e. The van der Waals surface area contributed by atoms with Crippen LogP contribution in [0.15, 0.2) is 36.7 Å². The van der Waals surface area contributed by atoms with Gasteiger partial charge in [-0.1, -0.05) is 24.3 Å². The van der Waals surface area contributed by atoms with Crippen molar-refractivity contribution in [2.45, 2.75) is 25.3 Å². The van der Waals surface area contributed by atoms with Gasteiger partial charge in [-0.2, -0.15) is 0 Å². The first-order valence-corrected chi connectivity index (χ1v) is 7.93. The minimum Gasteiger partial charge on any atom is -0.347 e. The van der Waals surface area contributed by atoms with Gasteiger partial charge in [-0.15, -0.1) is 0 Å². The van der Waals surface area contributed by atoms with E-state index >= 15 is 0 Å². The highest BCUT2D eigenvalue weighted by atomic mass is 32.2. The second-order valence-corrected chi connectivity index (χ2v) is 6.30. The Morgan fingerprint density at radius 1 is 1.35 bits per heavy atom. The molecule has 1 aromatic heterocycles. The second-order valence-electron chi connectivity index (χ2n) is 4.55. The summed E-state index contributed by atoms with van der Waals surface area (Å²) in [4.78, 5) is 6.93. The number of sulfonamides is 1. The molecule has 1 unspecified atom stereocenters. The Morgan fingerprint density at radius 2 is 2.05 bits per heavy atom. The molecular formula is C13H18N4O2S. The van der Waals surface area contributed by atoms with Crippen LogP contribution < -0.4 is 10.5 Å². The van der Waals surface area contributed by atoms with Crippen LogP contribution in [0.3, 0.4) is 0 Å². The Balaban J connectivity index is 2.11. The van der Waals surface area contributed by atoms with Gasteiger partial charge in [0, 0.05) is 18.9 Å². The first kappa shape index (κ1) is 14.7. The fourth-order valence-electron chi connectivity index (χ4n) is 1.98. The lowest BCUT2D eigenvalue weighted by Crippen LogP contribution is -2.29. The van der Waals surface area contributed by atoms with Crippen molar-refractivity contribution >= 4 is 10.0 Å². The molecular weight excluding hydrogens is 276 g/mol. The molecule has 1 heterocycles. The lowest BCUT2D eigenvalue weighted by molar-refractivity contribution is 0.560. The van der Waals surface area contributed by atoms with E-state index in [0.717, 1.165) is 5.56 Å². The number of benzene rings is 1. The molecule has 2 rings (SSSR count). The minimum atomic E-state index is -3.46. The zero-order chi connectivity index (χ0) is 14.6. The summed E-state index contributed by atoms with van der Waals surface area (Å²) in [5.74, 6) is 0.492. The normalized spacial score (nSPS) is 13.3. The molecule has 0 saturated carbocycles. The summed E-state index contributed by atoms with van der Waals surface area (Å²) in [6.07, 6.45) is 3.24. The average Bonchev–Trinajstić information content (AvgIpc) is 2.92. The van der Waals surface area contributed by atoms with E-state index in [4.69, 9.17) is 5.73 Å². The molecule has 0 aliphatic carbocycles. The highest BCUT2D eigenvalue weighted by Gasteiger charge is 2.18. The molecule has 7 heteroatoms. The first-order chi connectivity index (χ1) is 9.52. The van der Waals surface area contributed by atoms with Gasteiger partial charge < -0.3 is 10.7 Å². The van der Waals surface area contributed by atoms with Crippen LogP contribution in [0.2, 0.25) is 0 Å². The van der Waals surface area contributed by atoms with Crippen molar-refractivity contribution in [2.24, 2.45) is 5.73 Å². The molecule has 0 radical (unpaired) electrons. The Hall–Kier alpha value is -1.70. The number of nitrogens with one attached hydrogen (secondary N) is 2. The van der Waals surface area contributed by atoms with Crippen molar-refractivity contribution in [3.05, 3.63) is 53.6 Å². The summed E-state index contributed by atoms with van der Waals surface area (Å²) in [6.45, 7) is 2.06. The van der Waals surface area contributed by atoms with Crippen LogP contribution in [0.25, 0.3) is 0 Å². The molecule has 0 saturated heterocycles. The quantitative estimate of drug-likeness (QED) is 0.741. The van der Waals surface area contributed by atoms with Crippen molar-refractivity contribution in [1.82, 2.24) is 14.7 Å². The number of rotatable bonds is 6. The molecule has 0 aliphatic rings. The fraction of sp³-hybridized carbons (Fsp3) is 0.308. The number of H-pyrrole nitrogens is 1. The fourth-order valence-corrected chi connectivity index (χ4v) is 3.41. The van der Waals surface area contributed by atoms with E-state index in [0.29, 0.717) is 17.9 Å². The topological polar surface area (TPSA) is 101 Å². The predicted molar refractivity (Wildman–Crippen MR) is 77.1 cm³/mol. The average molecular weight is 294 g/mol. The molecule has 0 aliphatic heterocycles. The Labute approximate surface area is 118 Å². The van der Waals surface area contributed by atoms with E-state index in [1.807, 2.05) is 12.1 Å². The Morgan fingerprint density at radius 3 is 2.65 bits per heavy atom. The van der Waals surface area contributed by atoms with Gasteiger partial charge in [0.15, 0.2) is 0 Å². The molecule has 0 fully saturated rings. The number of nitrogens with two attached hydrogens (primary N) is 1. The predicted octanol–water partition coefficient (Wildman–Crippen LogP) is 1.05. The van der Waals surface area contributed by atoms with Gasteiger partial charge in [-0.3, -0.25) is 0 Å². The van der Waals surface area contributed by atoms with Crippen LogP contribution >= 0.6 is 0 Å². The molecule has 4 N–H and O–H groups in total. The molecule has 2 aromatic rings. The number of aromatic nitrogens is 2. The molecule has 0 amide bonds. The molecule has 0 bridgehead atoms. The minimum absolute atomic E-state index is 0.0918. The monoisotopic (exact) mass is 294 g/mol.